The molecule has 0 fully saturated rings. The lowest BCUT2D eigenvalue weighted by atomic mass is 9.94. The van der Waals surface area contributed by atoms with Gasteiger partial charge in [-0.1, -0.05) is 30.3 Å². The summed E-state index contributed by atoms with van der Waals surface area (Å²) in [5.41, 5.74) is 3.56. The number of methoxy groups -OCH3 is 2. The van der Waals surface area contributed by atoms with Crippen LogP contribution in [0, 0.1) is 0 Å². The first kappa shape index (κ1) is 16.0. The van der Waals surface area contributed by atoms with Gasteiger partial charge in [0.1, 0.15) is 0 Å². The fourth-order valence-corrected chi connectivity index (χ4v) is 3.39. The molecule has 1 N–H and O–H groups in total. The molecule has 0 saturated heterocycles. The Hall–Kier alpha value is -1.87. The number of aryl methyl sites for hydroxylation is 1. The highest BCUT2D eigenvalue weighted by Gasteiger charge is 2.22. The van der Waals surface area contributed by atoms with Crippen LogP contribution in [0.25, 0.3) is 0 Å². The van der Waals surface area contributed by atoms with Gasteiger partial charge in [0.15, 0.2) is 11.5 Å². The molecule has 4 heteroatoms. The number of fused-ring (bicyclic) bond motifs is 1. The number of alkyl halides is 1. The third-order valence-electron chi connectivity index (χ3n) is 4.36. The van der Waals surface area contributed by atoms with Gasteiger partial charge in [-0.05, 0) is 36.5 Å². The summed E-state index contributed by atoms with van der Waals surface area (Å²) >= 11 is 6.54. The minimum absolute atomic E-state index is 0.147. The Balaban J connectivity index is 1.99. The topological polar surface area (TPSA) is 30.5 Å². The molecular weight excluding hydrogens is 310 g/mol. The molecule has 23 heavy (non-hydrogen) atoms. The van der Waals surface area contributed by atoms with E-state index in [-0.39, 0.29) is 11.4 Å². The number of halogens is 1. The Morgan fingerprint density at radius 1 is 1.04 bits per heavy atom. The average molecular weight is 332 g/mol. The van der Waals surface area contributed by atoms with Crippen molar-refractivity contribution < 1.29 is 9.47 Å². The standard InChI is InChI=1S/C19H22ClNO2/c1-22-18-10-14-8-9-15(20)11-16(13-6-4-3-5-7-13)21-17(14)12-19(18)23-2/h3-7,10,12,15-16,21H,8-9,11H2,1-2H3/t15-,16?/m0/s1. The molecule has 2 aromatic rings. The number of rotatable bonds is 3. The Labute approximate surface area is 142 Å². The summed E-state index contributed by atoms with van der Waals surface area (Å²) in [5, 5.41) is 3.80. The van der Waals surface area contributed by atoms with E-state index in [4.69, 9.17) is 21.1 Å². The SMILES string of the molecule is COc1cc2c(cc1OC)NC(c1ccccc1)C[C@@H](Cl)CC2. The van der Waals surface area contributed by atoms with Gasteiger partial charge >= 0.3 is 0 Å². The molecule has 0 aromatic heterocycles. The first-order chi connectivity index (χ1) is 11.2. The summed E-state index contributed by atoms with van der Waals surface area (Å²) in [6.45, 7) is 0. The van der Waals surface area contributed by atoms with Gasteiger partial charge < -0.3 is 14.8 Å². The van der Waals surface area contributed by atoms with E-state index in [2.05, 4.69) is 35.6 Å². The third kappa shape index (κ3) is 3.56. The summed E-state index contributed by atoms with van der Waals surface area (Å²) in [4.78, 5) is 0. The van der Waals surface area contributed by atoms with Crippen LogP contribution < -0.4 is 14.8 Å². The lowest BCUT2D eigenvalue weighted by molar-refractivity contribution is 0.354. The van der Waals surface area contributed by atoms with Crippen LogP contribution in [0.1, 0.15) is 30.0 Å². The van der Waals surface area contributed by atoms with E-state index in [0.29, 0.717) is 0 Å². The lowest BCUT2D eigenvalue weighted by Gasteiger charge is -2.28. The first-order valence-electron chi connectivity index (χ1n) is 7.91. The molecule has 1 aliphatic heterocycles. The maximum atomic E-state index is 6.54. The molecule has 122 valence electrons. The molecule has 0 saturated carbocycles. The molecule has 0 radical (unpaired) electrons. The van der Waals surface area contributed by atoms with Gasteiger partial charge in [0.25, 0.3) is 0 Å². The minimum Gasteiger partial charge on any atom is -0.493 e. The largest absolute Gasteiger partial charge is 0.493 e. The van der Waals surface area contributed by atoms with E-state index in [0.717, 1.165) is 36.4 Å². The Kier molecular flexibility index (Phi) is 4.97. The van der Waals surface area contributed by atoms with Crippen molar-refractivity contribution in [2.24, 2.45) is 0 Å². The zero-order valence-electron chi connectivity index (χ0n) is 13.5. The smallest absolute Gasteiger partial charge is 0.162 e. The van der Waals surface area contributed by atoms with Crippen LogP contribution in [0.5, 0.6) is 11.5 Å². The molecule has 3 rings (SSSR count). The van der Waals surface area contributed by atoms with Gasteiger partial charge in [-0.3, -0.25) is 0 Å². The van der Waals surface area contributed by atoms with Crippen LogP contribution in [0.2, 0.25) is 0 Å². The quantitative estimate of drug-likeness (QED) is 0.819. The van der Waals surface area contributed by atoms with Gasteiger partial charge in [-0.25, -0.2) is 0 Å². The average Bonchev–Trinajstić information content (AvgIpc) is 2.58. The van der Waals surface area contributed by atoms with Gasteiger partial charge in [-0.15, -0.1) is 11.6 Å². The molecule has 0 aliphatic carbocycles. The van der Waals surface area contributed by atoms with E-state index in [1.54, 1.807) is 14.2 Å². The molecule has 2 atom stereocenters. The van der Waals surface area contributed by atoms with Crippen LogP contribution in [-0.2, 0) is 6.42 Å². The lowest BCUT2D eigenvalue weighted by Crippen LogP contribution is -2.20. The van der Waals surface area contributed by atoms with Crippen molar-refractivity contribution in [3.63, 3.8) is 0 Å². The number of hydrogen-bond acceptors (Lipinski definition) is 3. The first-order valence-corrected chi connectivity index (χ1v) is 8.35. The predicted octanol–water partition coefficient (Wildman–Crippen LogP) is 4.80. The van der Waals surface area contributed by atoms with E-state index in [1.165, 1.54) is 11.1 Å². The maximum Gasteiger partial charge on any atom is 0.162 e. The Morgan fingerprint density at radius 3 is 2.43 bits per heavy atom. The molecule has 3 nitrogen and oxygen atoms in total. The molecule has 1 heterocycles. The second kappa shape index (κ2) is 7.14. The van der Waals surface area contributed by atoms with Crippen LogP contribution in [-0.4, -0.2) is 19.6 Å². The van der Waals surface area contributed by atoms with Gasteiger partial charge in [0.05, 0.1) is 20.3 Å². The number of anilines is 1. The van der Waals surface area contributed by atoms with Crippen molar-refractivity contribution in [1.82, 2.24) is 0 Å². The van der Waals surface area contributed by atoms with Crippen molar-refractivity contribution in [2.75, 3.05) is 19.5 Å². The Bertz CT molecular complexity index is 660. The second-order valence-corrected chi connectivity index (χ2v) is 6.46. The minimum atomic E-state index is 0.147. The normalized spacial score (nSPS) is 20.7. The van der Waals surface area contributed by atoms with Crippen molar-refractivity contribution in [3.8, 4) is 11.5 Å². The highest BCUT2D eigenvalue weighted by Crippen LogP contribution is 2.38. The summed E-state index contributed by atoms with van der Waals surface area (Å²) in [7, 11) is 3.33. The molecular formula is C19H22ClNO2. The van der Waals surface area contributed by atoms with E-state index >= 15 is 0 Å². The van der Waals surface area contributed by atoms with Crippen molar-refractivity contribution in [2.45, 2.75) is 30.7 Å². The van der Waals surface area contributed by atoms with Crippen LogP contribution >= 0.6 is 11.6 Å². The summed E-state index contributed by atoms with van der Waals surface area (Å²) in [6, 6.07) is 14.7. The van der Waals surface area contributed by atoms with Crippen molar-refractivity contribution in [3.05, 3.63) is 53.6 Å². The fourth-order valence-electron chi connectivity index (χ4n) is 3.10. The summed E-state index contributed by atoms with van der Waals surface area (Å²) in [6.07, 6.45) is 2.78. The van der Waals surface area contributed by atoms with Crippen molar-refractivity contribution in [1.29, 1.82) is 0 Å². The monoisotopic (exact) mass is 331 g/mol. The molecule has 2 aromatic carbocycles. The van der Waals surface area contributed by atoms with Crippen LogP contribution in [0.3, 0.4) is 0 Å². The molecule has 1 aliphatic rings. The van der Waals surface area contributed by atoms with E-state index < -0.39 is 0 Å². The second-order valence-electron chi connectivity index (χ2n) is 5.84. The van der Waals surface area contributed by atoms with Gasteiger partial charge in [0, 0.05) is 17.1 Å². The number of hydrogen-bond donors (Lipinski definition) is 1. The maximum absolute atomic E-state index is 6.54. The highest BCUT2D eigenvalue weighted by atomic mass is 35.5. The molecule has 1 unspecified atom stereocenters. The zero-order chi connectivity index (χ0) is 16.2. The zero-order valence-corrected chi connectivity index (χ0v) is 14.3. The molecule has 0 spiro atoms. The number of benzene rings is 2. The van der Waals surface area contributed by atoms with Crippen molar-refractivity contribution >= 4 is 17.3 Å². The molecule has 0 bridgehead atoms. The highest BCUT2D eigenvalue weighted by molar-refractivity contribution is 6.20. The van der Waals surface area contributed by atoms with E-state index in [9.17, 15) is 0 Å². The third-order valence-corrected chi connectivity index (χ3v) is 4.76. The number of nitrogens with one attached hydrogen (secondary N) is 1. The van der Waals surface area contributed by atoms with Crippen LogP contribution in [0.4, 0.5) is 5.69 Å². The van der Waals surface area contributed by atoms with Crippen LogP contribution in [0.15, 0.2) is 42.5 Å². The molecule has 0 amide bonds. The van der Waals surface area contributed by atoms with Gasteiger partial charge in [-0.2, -0.15) is 0 Å². The Morgan fingerprint density at radius 2 is 1.74 bits per heavy atom. The number of ether oxygens (including phenoxy) is 2. The fraction of sp³-hybridized carbons (Fsp3) is 0.368. The van der Waals surface area contributed by atoms with E-state index in [1.807, 2.05) is 12.1 Å². The summed E-state index contributed by atoms with van der Waals surface area (Å²) < 4.78 is 10.9. The van der Waals surface area contributed by atoms with Gasteiger partial charge in [0.2, 0.25) is 0 Å². The predicted molar refractivity (Wildman–Crippen MR) is 94.9 cm³/mol. The summed E-state index contributed by atoms with van der Waals surface area (Å²) in [5.74, 6) is 1.50.